The van der Waals surface area contributed by atoms with Gasteiger partial charge in [-0.05, 0) is 54.7 Å². The molecule has 1 amide bonds. The second kappa shape index (κ2) is 7.56. The smallest absolute Gasteiger partial charge is 0.406 e. The summed E-state index contributed by atoms with van der Waals surface area (Å²) in [4.78, 5) is 14.0. The van der Waals surface area contributed by atoms with Crippen LogP contribution in [0, 0.1) is 0 Å². The molecule has 3 nitrogen and oxygen atoms in total. The number of rotatable bonds is 6. The molecule has 1 heterocycles. The first-order chi connectivity index (χ1) is 11.9. The Morgan fingerprint density at radius 3 is 2.72 bits per heavy atom. The lowest BCUT2D eigenvalue weighted by Gasteiger charge is -2.23. The van der Waals surface area contributed by atoms with Gasteiger partial charge in [0, 0.05) is 4.90 Å². The van der Waals surface area contributed by atoms with Gasteiger partial charge in [-0.3, -0.25) is 4.79 Å². The van der Waals surface area contributed by atoms with Crippen LogP contribution in [-0.4, -0.2) is 29.3 Å². The largest absolute Gasteiger partial charge is 0.467 e. The third kappa shape index (κ3) is 5.04. The van der Waals surface area contributed by atoms with E-state index in [1.807, 2.05) is 18.2 Å². The first-order valence-corrected chi connectivity index (χ1v) is 9.01. The monoisotopic (exact) mass is 369 g/mol. The van der Waals surface area contributed by atoms with Gasteiger partial charge in [-0.2, -0.15) is 13.2 Å². The SMILES string of the molecule is O=C(CSc1ccc2c(c1)CCC2)N(Cc1ccco1)CC(F)(F)F. The fourth-order valence-corrected chi connectivity index (χ4v) is 3.78. The van der Waals surface area contributed by atoms with Crippen LogP contribution < -0.4 is 0 Å². The van der Waals surface area contributed by atoms with Crippen LogP contribution in [0.2, 0.25) is 0 Å². The van der Waals surface area contributed by atoms with Crippen molar-refractivity contribution in [1.29, 1.82) is 0 Å². The summed E-state index contributed by atoms with van der Waals surface area (Å²) in [5.74, 6) is -0.255. The fraction of sp³-hybridized carbons (Fsp3) is 0.389. The molecular weight excluding hydrogens is 351 g/mol. The van der Waals surface area contributed by atoms with Gasteiger partial charge in [-0.25, -0.2) is 0 Å². The number of hydrogen-bond acceptors (Lipinski definition) is 3. The summed E-state index contributed by atoms with van der Waals surface area (Å²) >= 11 is 1.27. The predicted octanol–water partition coefficient (Wildman–Crippen LogP) is 4.45. The van der Waals surface area contributed by atoms with Crippen LogP contribution >= 0.6 is 11.8 Å². The maximum absolute atomic E-state index is 12.8. The summed E-state index contributed by atoms with van der Waals surface area (Å²) in [6, 6.07) is 9.17. The van der Waals surface area contributed by atoms with Crippen molar-refractivity contribution in [2.24, 2.45) is 0 Å². The maximum Gasteiger partial charge on any atom is 0.406 e. The first-order valence-electron chi connectivity index (χ1n) is 8.02. The van der Waals surface area contributed by atoms with Crippen molar-refractivity contribution in [3.8, 4) is 0 Å². The molecule has 0 spiro atoms. The van der Waals surface area contributed by atoms with Gasteiger partial charge in [-0.1, -0.05) is 6.07 Å². The molecule has 0 saturated carbocycles. The van der Waals surface area contributed by atoms with Crippen molar-refractivity contribution in [3.63, 3.8) is 0 Å². The normalized spacial score (nSPS) is 13.7. The summed E-state index contributed by atoms with van der Waals surface area (Å²) in [7, 11) is 0. The zero-order valence-corrected chi connectivity index (χ0v) is 14.3. The second-order valence-electron chi connectivity index (χ2n) is 6.02. The van der Waals surface area contributed by atoms with E-state index < -0.39 is 18.6 Å². The summed E-state index contributed by atoms with van der Waals surface area (Å²) in [6.45, 7) is -1.46. The Hall–Kier alpha value is -1.89. The van der Waals surface area contributed by atoms with E-state index in [2.05, 4.69) is 0 Å². The molecule has 0 N–H and O–H groups in total. The van der Waals surface area contributed by atoms with Gasteiger partial charge in [0.05, 0.1) is 18.6 Å². The summed E-state index contributed by atoms with van der Waals surface area (Å²) < 4.78 is 43.4. The van der Waals surface area contributed by atoms with E-state index in [9.17, 15) is 18.0 Å². The molecule has 1 aliphatic carbocycles. The number of carbonyl (C=O) groups is 1. The highest BCUT2D eigenvalue weighted by atomic mass is 32.2. The molecule has 0 aliphatic heterocycles. The number of halogens is 3. The van der Waals surface area contributed by atoms with E-state index in [-0.39, 0.29) is 12.3 Å². The van der Waals surface area contributed by atoms with Crippen LogP contribution in [-0.2, 0) is 24.2 Å². The third-order valence-corrected chi connectivity index (χ3v) is 5.06. The van der Waals surface area contributed by atoms with Gasteiger partial charge >= 0.3 is 6.18 Å². The number of aryl methyl sites for hydroxylation is 2. The minimum absolute atomic E-state index is 0.0322. The van der Waals surface area contributed by atoms with Gasteiger partial charge < -0.3 is 9.32 Å². The highest BCUT2D eigenvalue weighted by molar-refractivity contribution is 8.00. The van der Waals surface area contributed by atoms with E-state index in [0.717, 1.165) is 29.1 Å². The molecule has 134 valence electrons. The Morgan fingerprint density at radius 1 is 1.20 bits per heavy atom. The van der Waals surface area contributed by atoms with Gasteiger partial charge in [0.15, 0.2) is 0 Å². The van der Waals surface area contributed by atoms with Crippen LogP contribution in [0.1, 0.15) is 23.3 Å². The lowest BCUT2D eigenvalue weighted by molar-refractivity contribution is -0.161. The van der Waals surface area contributed by atoms with Crippen molar-refractivity contribution in [1.82, 2.24) is 4.90 Å². The van der Waals surface area contributed by atoms with E-state index in [0.29, 0.717) is 5.76 Å². The zero-order valence-electron chi connectivity index (χ0n) is 13.5. The standard InChI is InChI=1S/C18H18F3NO2S/c19-18(20,21)12-22(10-15-5-2-8-24-15)17(23)11-25-16-7-6-13-3-1-4-14(13)9-16/h2,5-9H,1,3-4,10-12H2. The number of fused-ring (bicyclic) bond motifs is 1. The van der Waals surface area contributed by atoms with Crippen molar-refractivity contribution in [2.75, 3.05) is 12.3 Å². The minimum Gasteiger partial charge on any atom is -0.467 e. The van der Waals surface area contributed by atoms with Gasteiger partial charge in [-0.15, -0.1) is 11.8 Å². The van der Waals surface area contributed by atoms with E-state index in [1.54, 1.807) is 12.1 Å². The number of alkyl halides is 3. The Labute approximate surface area is 148 Å². The van der Waals surface area contributed by atoms with Crippen molar-refractivity contribution in [3.05, 3.63) is 53.5 Å². The lowest BCUT2D eigenvalue weighted by atomic mass is 10.1. The topological polar surface area (TPSA) is 33.5 Å². The van der Waals surface area contributed by atoms with Gasteiger partial charge in [0.1, 0.15) is 12.3 Å². The minimum atomic E-state index is -4.44. The number of hydrogen-bond donors (Lipinski definition) is 0. The molecule has 2 aromatic rings. The number of benzene rings is 1. The highest BCUT2D eigenvalue weighted by Crippen LogP contribution is 2.28. The summed E-state index contributed by atoms with van der Waals surface area (Å²) in [5, 5.41) is 0. The molecule has 0 bridgehead atoms. The summed E-state index contributed by atoms with van der Waals surface area (Å²) in [5.41, 5.74) is 2.60. The molecule has 1 aromatic carbocycles. The molecule has 7 heteroatoms. The van der Waals surface area contributed by atoms with Crippen LogP contribution in [0.15, 0.2) is 45.9 Å². The average molecular weight is 369 g/mol. The zero-order chi connectivity index (χ0) is 17.9. The van der Waals surface area contributed by atoms with Crippen molar-refractivity contribution in [2.45, 2.75) is 36.9 Å². The molecule has 0 atom stereocenters. The number of amides is 1. The molecule has 1 aromatic heterocycles. The Morgan fingerprint density at radius 2 is 2.00 bits per heavy atom. The van der Waals surface area contributed by atoms with Crippen molar-refractivity contribution < 1.29 is 22.4 Å². The molecule has 0 radical (unpaired) electrons. The number of furan rings is 1. The summed E-state index contributed by atoms with van der Waals surface area (Å²) in [6.07, 6.45) is 0.161. The van der Waals surface area contributed by atoms with Crippen LogP contribution in [0.5, 0.6) is 0 Å². The molecule has 1 aliphatic rings. The predicted molar refractivity (Wildman–Crippen MR) is 89.4 cm³/mol. The van der Waals surface area contributed by atoms with E-state index >= 15 is 0 Å². The average Bonchev–Trinajstić information content (AvgIpc) is 3.21. The lowest BCUT2D eigenvalue weighted by Crippen LogP contribution is -2.39. The van der Waals surface area contributed by atoms with Crippen LogP contribution in [0.4, 0.5) is 13.2 Å². The molecule has 25 heavy (non-hydrogen) atoms. The van der Waals surface area contributed by atoms with Crippen molar-refractivity contribution >= 4 is 17.7 Å². The molecule has 0 saturated heterocycles. The quantitative estimate of drug-likeness (QED) is 0.706. The fourth-order valence-electron chi connectivity index (χ4n) is 2.91. The Balaban J connectivity index is 1.63. The number of thioether (sulfide) groups is 1. The molecule has 0 fully saturated rings. The molecule has 0 unspecified atom stereocenters. The number of nitrogens with zero attached hydrogens (tertiary/aromatic N) is 1. The van der Waals surface area contributed by atoms with E-state index in [4.69, 9.17) is 4.42 Å². The van der Waals surface area contributed by atoms with Gasteiger partial charge in [0.2, 0.25) is 5.91 Å². The number of carbonyl (C=O) groups excluding carboxylic acids is 1. The van der Waals surface area contributed by atoms with Crippen LogP contribution in [0.25, 0.3) is 0 Å². The maximum atomic E-state index is 12.8. The molecular formula is C18H18F3NO2S. The third-order valence-electron chi connectivity index (χ3n) is 4.08. The highest BCUT2D eigenvalue weighted by Gasteiger charge is 2.33. The van der Waals surface area contributed by atoms with Gasteiger partial charge in [0.25, 0.3) is 0 Å². The second-order valence-corrected chi connectivity index (χ2v) is 7.07. The van der Waals surface area contributed by atoms with E-state index in [1.165, 1.54) is 29.2 Å². The molecule has 3 rings (SSSR count). The van der Waals surface area contributed by atoms with Crippen LogP contribution in [0.3, 0.4) is 0 Å². The Kier molecular flexibility index (Phi) is 5.42. The Bertz CT molecular complexity index is 728. The first kappa shape index (κ1) is 17.9.